The number of fused-ring (bicyclic) bond motifs is 1. The molecule has 0 fully saturated rings. The molecule has 1 atom stereocenters. The van der Waals surface area contributed by atoms with E-state index < -0.39 is 11.5 Å². The van der Waals surface area contributed by atoms with Crippen LogP contribution in [0.4, 0.5) is 5.69 Å². The predicted octanol–water partition coefficient (Wildman–Crippen LogP) is 3.10. The molecule has 0 saturated carbocycles. The summed E-state index contributed by atoms with van der Waals surface area (Å²) in [6.07, 6.45) is 6.74. The molecule has 1 aromatic carbocycles. The summed E-state index contributed by atoms with van der Waals surface area (Å²) >= 11 is 0. The normalized spacial score (nSPS) is 12.1. The zero-order valence-corrected chi connectivity index (χ0v) is 13.6. The lowest BCUT2D eigenvalue weighted by atomic mass is 9.98. The number of hydrogen-bond donors (Lipinski definition) is 1. The number of nitrogens with one attached hydrogen (secondary N) is 1. The molecule has 1 amide bonds. The van der Waals surface area contributed by atoms with E-state index in [1.54, 1.807) is 6.07 Å². The van der Waals surface area contributed by atoms with Gasteiger partial charge in [0.2, 0.25) is 0 Å². The minimum Gasteiger partial charge on any atom is -0.322 e. The fraction of sp³-hybridized carbons (Fsp3) is 0.222. The summed E-state index contributed by atoms with van der Waals surface area (Å²) < 4.78 is 1.30. The minimum absolute atomic E-state index is 0. The molecule has 2 heterocycles. The first-order valence-electron chi connectivity index (χ1n) is 7.83. The van der Waals surface area contributed by atoms with Crippen LogP contribution in [0.1, 0.15) is 43.5 Å². The smallest absolute Gasteiger partial charge is 0.270 e. The van der Waals surface area contributed by atoms with Gasteiger partial charge in [-0.3, -0.25) is 19.0 Å². The topological polar surface area (TPSA) is 76.4 Å². The third kappa shape index (κ3) is 3.03. The minimum atomic E-state index is -0.472. The summed E-state index contributed by atoms with van der Waals surface area (Å²) in [5.74, 6) is -0.0673. The first-order valence-corrected chi connectivity index (χ1v) is 7.83. The summed E-state index contributed by atoms with van der Waals surface area (Å²) in [5, 5.41) is 2.78. The number of amides is 1. The summed E-state index contributed by atoms with van der Waals surface area (Å²) in [5.41, 5.74) is 1.79. The lowest BCUT2D eigenvalue weighted by molar-refractivity contribution is 0.102. The van der Waals surface area contributed by atoms with E-state index in [1.165, 1.54) is 29.2 Å². The number of rotatable bonds is 4. The highest BCUT2D eigenvalue weighted by atomic mass is 16.2. The Balaban J connectivity index is 0.00000225. The van der Waals surface area contributed by atoms with Crippen LogP contribution in [0.15, 0.2) is 53.8 Å². The van der Waals surface area contributed by atoms with Crippen molar-refractivity contribution >= 4 is 17.2 Å². The number of anilines is 1. The maximum absolute atomic E-state index is 12.4. The fourth-order valence-electron chi connectivity index (χ4n) is 2.45. The Kier molecular flexibility index (Phi) is 4.37. The van der Waals surface area contributed by atoms with E-state index in [4.69, 9.17) is 0 Å². The van der Waals surface area contributed by atoms with Crippen molar-refractivity contribution < 1.29 is 6.22 Å². The van der Waals surface area contributed by atoms with Gasteiger partial charge in [0.05, 0.1) is 6.20 Å². The molecule has 3 aromatic rings. The second-order valence-electron chi connectivity index (χ2n) is 5.67. The van der Waals surface area contributed by atoms with E-state index in [-0.39, 0.29) is 6.99 Å². The molecule has 6 nitrogen and oxygen atoms in total. The summed E-state index contributed by atoms with van der Waals surface area (Å²) in [7, 11) is 0. The highest BCUT2D eigenvalue weighted by Gasteiger charge is 2.14. The lowest BCUT2D eigenvalue weighted by Gasteiger charge is -2.11. The summed E-state index contributed by atoms with van der Waals surface area (Å²) in [6.45, 7) is 4.25. The van der Waals surface area contributed by atoms with Crippen LogP contribution in [-0.2, 0) is 0 Å². The third-order valence-corrected chi connectivity index (χ3v) is 4.08. The standard InChI is InChI=1S/C18H18N4O2.H2/c1-3-12(2)13-5-4-6-14(9-13)21-17(23)15-10-20-16-11-19-7-8-22(16)18(15)24;/h4-12H,3H2,1-2H3,(H,21,23);1H. The Morgan fingerprint density at radius 3 is 3.00 bits per heavy atom. The molecule has 0 radical (unpaired) electrons. The highest BCUT2D eigenvalue weighted by molar-refractivity contribution is 6.03. The molecule has 0 aliphatic heterocycles. The van der Waals surface area contributed by atoms with Crippen LogP contribution in [0.5, 0.6) is 0 Å². The molecule has 0 spiro atoms. The molecule has 24 heavy (non-hydrogen) atoms. The van der Waals surface area contributed by atoms with E-state index >= 15 is 0 Å². The number of carbonyl (C=O) groups is 1. The second kappa shape index (κ2) is 6.62. The highest BCUT2D eigenvalue weighted by Crippen LogP contribution is 2.21. The lowest BCUT2D eigenvalue weighted by Crippen LogP contribution is -2.26. The van der Waals surface area contributed by atoms with Crippen molar-refractivity contribution in [1.82, 2.24) is 14.4 Å². The van der Waals surface area contributed by atoms with Crippen LogP contribution in [0.25, 0.3) is 5.65 Å². The Morgan fingerprint density at radius 2 is 2.21 bits per heavy atom. The molecule has 1 N–H and O–H groups in total. The van der Waals surface area contributed by atoms with E-state index in [9.17, 15) is 9.59 Å². The monoisotopic (exact) mass is 324 g/mol. The Morgan fingerprint density at radius 1 is 1.38 bits per heavy atom. The number of carbonyl (C=O) groups excluding carboxylic acids is 1. The maximum Gasteiger partial charge on any atom is 0.270 e. The van der Waals surface area contributed by atoms with Gasteiger partial charge in [0.1, 0.15) is 5.56 Å². The van der Waals surface area contributed by atoms with Gasteiger partial charge in [-0.1, -0.05) is 26.0 Å². The van der Waals surface area contributed by atoms with E-state index in [0.29, 0.717) is 17.3 Å². The van der Waals surface area contributed by atoms with Crippen molar-refractivity contribution in [3.8, 4) is 0 Å². The molecule has 0 saturated heterocycles. The van der Waals surface area contributed by atoms with Crippen LogP contribution >= 0.6 is 0 Å². The summed E-state index contributed by atoms with van der Waals surface area (Å²) in [6, 6.07) is 7.67. The van der Waals surface area contributed by atoms with Gasteiger partial charge in [0.25, 0.3) is 11.5 Å². The van der Waals surface area contributed by atoms with Crippen molar-refractivity contribution in [2.75, 3.05) is 5.32 Å². The van der Waals surface area contributed by atoms with Crippen LogP contribution in [0.2, 0.25) is 0 Å². The zero-order valence-electron chi connectivity index (χ0n) is 13.6. The van der Waals surface area contributed by atoms with Crippen molar-refractivity contribution in [2.24, 2.45) is 0 Å². The van der Waals surface area contributed by atoms with E-state index in [1.807, 2.05) is 18.2 Å². The van der Waals surface area contributed by atoms with E-state index in [0.717, 1.165) is 12.0 Å². The molecular formula is C18H20N4O2. The molecule has 2 aromatic heterocycles. The molecule has 1 unspecified atom stereocenters. The zero-order chi connectivity index (χ0) is 17.1. The largest absolute Gasteiger partial charge is 0.322 e. The number of benzene rings is 1. The number of hydrogen-bond acceptors (Lipinski definition) is 4. The van der Waals surface area contributed by atoms with Crippen LogP contribution in [-0.4, -0.2) is 20.3 Å². The SMILES string of the molecule is CCC(C)c1cccc(NC(=O)c2cnc3cnccn3c2=O)c1.[HH]. The maximum atomic E-state index is 12.4. The van der Waals surface area contributed by atoms with Gasteiger partial charge in [-0.25, -0.2) is 4.98 Å². The first-order chi connectivity index (χ1) is 11.6. The molecule has 0 aliphatic carbocycles. The van der Waals surface area contributed by atoms with Gasteiger partial charge in [-0.15, -0.1) is 0 Å². The Labute approximate surface area is 140 Å². The number of aromatic nitrogens is 3. The van der Waals surface area contributed by atoms with Crippen molar-refractivity contribution in [2.45, 2.75) is 26.2 Å². The van der Waals surface area contributed by atoms with Crippen molar-refractivity contribution in [3.05, 3.63) is 70.5 Å². The van der Waals surface area contributed by atoms with Crippen LogP contribution in [0.3, 0.4) is 0 Å². The summed E-state index contributed by atoms with van der Waals surface area (Å²) in [4.78, 5) is 32.9. The van der Waals surface area contributed by atoms with Gasteiger partial charge < -0.3 is 5.32 Å². The molecule has 0 aliphatic rings. The average molecular weight is 324 g/mol. The van der Waals surface area contributed by atoms with Gasteiger partial charge in [-0.05, 0) is 30.0 Å². The Hall–Kier alpha value is -3.02. The van der Waals surface area contributed by atoms with Crippen molar-refractivity contribution in [1.29, 1.82) is 0 Å². The predicted molar refractivity (Wildman–Crippen MR) is 94.5 cm³/mol. The Bertz CT molecular complexity index is 955. The van der Waals surface area contributed by atoms with Gasteiger partial charge >= 0.3 is 0 Å². The average Bonchev–Trinajstić information content (AvgIpc) is 2.61. The van der Waals surface area contributed by atoms with Crippen molar-refractivity contribution in [3.63, 3.8) is 0 Å². The first kappa shape index (κ1) is 15.9. The van der Waals surface area contributed by atoms with Crippen LogP contribution < -0.4 is 10.9 Å². The molecule has 0 bridgehead atoms. The quantitative estimate of drug-likeness (QED) is 0.800. The molecular weight excluding hydrogens is 304 g/mol. The molecule has 3 rings (SSSR count). The second-order valence-corrected chi connectivity index (χ2v) is 5.67. The number of nitrogens with zero attached hydrogens (tertiary/aromatic N) is 3. The van der Waals surface area contributed by atoms with Gasteiger partial charge in [0.15, 0.2) is 5.65 Å². The third-order valence-electron chi connectivity index (χ3n) is 4.08. The molecule has 6 heteroatoms. The van der Waals surface area contributed by atoms with E-state index in [2.05, 4.69) is 29.1 Å². The van der Waals surface area contributed by atoms with Gasteiger partial charge in [-0.2, -0.15) is 0 Å². The van der Waals surface area contributed by atoms with Crippen LogP contribution in [0, 0.1) is 0 Å². The molecule has 124 valence electrons. The fourth-order valence-corrected chi connectivity index (χ4v) is 2.45. The van der Waals surface area contributed by atoms with Gasteiger partial charge in [0, 0.05) is 25.7 Å².